The van der Waals surface area contributed by atoms with Crippen LogP contribution in [0.4, 0.5) is 11.4 Å². The number of aromatic nitrogens is 1. The first-order chi connectivity index (χ1) is 16.3. The van der Waals surface area contributed by atoms with Crippen LogP contribution in [-0.2, 0) is 0 Å². The third-order valence-electron chi connectivity index (χ3n) is 5.16. The van der Waals surface area contributed by atoms with Crippen LogP contribution in [0.3, 0.4) is 0 Å². The molecule has 0 saturated carbocycles. The van der Waals surface area contributed by atoms with Crippen LogP contribution in [-0.4, -0.2) is 26.4 Å². The Kier molecular flexibility index (Phi) is 5.27. The fourth-order valence-corrected chi connectivity index (χ4v) is 5.71. The molecule has 1 aromatic heterocycles. The molecule has 1 aliphatic rings. The summed E-state index contributed by atoms with van der Waals surface area (Å²) in [7, 11) is 0. The molecule has 1 aliphatic carbocycles. The summed E-state index contributed by atoms with van der Waals surface area (Å²) in [5, 5.41) is 22.7. The molecule has 0 aliphatic heterocycles. The number of thiazole rings is 1. The van der Waals surface area contributed by atoms with Gasteiger partial charge in [-0.1, -0.05) is 42.1 Å². The van der Waals surface area contributed by atoms with E-state index >= 15 is 0 Å². The molecule has 0 atom stereocenters. The Bertz CT molecular complexity index is 1550. The minimum Gasteiger partial charge on any atom is -0.288 e. The molecule has 166 valence electrons. The molecule has 0 radical (unpaired) electrons. The zero-order valence-electron chi connectivity index (χ0n) is 17.0. The third-order valence-corrected chi connectivity index (χ3v) is 7.30. The van der Waals surface area contributed by atoms with E-state index in [1.54, 1.807) is 30.3 Å². The lowest BCUT2D eigenvalue weighted by molar-refractivity contribution is -0.387. The number of carbonyl (C=O) groups excluding carboxylic acids is 2. The smallest absolute Gasteiger partial charge is 0.283 e. The van der Waals surface area contributed by atoms with Crippen molar-refractivity contribution in [3.63, 3.8) is 0 Å². The quantitative estimate of drug-likeness (QED) is 0.150. The van der Waals surface area contributed by atoms with Gasteiger partial charge in [-0.2, -0.15) is 0 Å². The number of carbonyl (C=O) groups is 2. The minimum absolute atomic E-state index is 0.0383. The number of non-ortho nitro benzene ring substituents is 1. The van der Waals surface area contributed by atoms with Gasteiger partial charge < -0.3 is 0 Å². The Morgan fingerprint density at radius 1 is 0.882 bits per heavy atom. The van der Waals surface area contributed by atoms with E-state index in [2.05, 4.69) is 4.98 Å². The highest BCUT2D eigenvalue weighted by Crippen LogP contribution is 2.40. The number of benzene rings is 3. The van der Waals surface area contributed by atoms with Crippen molar-refractivity contribution in [1.82, 2.24) is 4.98 Å². The van der Waals surface area contributed by atoms with Crippen molar-refractivity contribution in [3.8, 4) is 0 Å². The van der Waals surface area contributed by atoms with Gasteiger partial charge in [-0.25, -0.2) is 4.98 Å². The summed E-state index contributed by atoms with van der Waals surface area (Å²) in [6.07, 6.45) is 1.36. The highest BCUT2D eigenvalue weighted by Gasteiger charge is 2.32. The Morgan fingerprint density at radius 3 is 2.24 bits per heavy atom. The van der Waals surface area contributed by atoms with E-state index in [-0.39, 0.29) is 16.9 Å². The fourth-order valence-electron chi connectivity index (χ4n) is 3.57. The molecule has 1 heterocycles. The number of Topliss-reactive ketones (excluding diaryl/α,β-unsaturated/α-hetero) is 2. The van der Waals surface area contributed by atoms with Crippen molar-refractivity contribution in [2.24, 2.45) is 0 Å². The lowest BCUT2D eigenvalue weighted by Gasteiger charge is -2.03. The number of hydrogen-bond acceptors (Lipinski definition) is 9. The van der Waals surface area contributed by atoms with Gasteiger partial charge in [0.15, 0.2) is 15.9 Å². The number of ketones is 2. The molecule has 3 aromatic carbocycles. The Morgan fingerprint density at radius 2 is 1.59 bits per heavy atom. The number of nitrogens with zero attached hydrogens (tertiary/aromatic N) is 3. The Labute approximate surface area is 199 Å². The normalized spacial score (nSPS) is 12.8. The van der Waals surface area contributed by atoms with E-state index in [0.717, 1.165) is 11.8 Å². The molecule has 9 nitrogen and oxygen atoms in total. The van der Waals surface area contributed by atoms with Gasteiger partial charge in [0, 0.05) is 29.3 Å². The van der Waals surface area contributed by atoms with Crippen LogP contribution in [0.5, 0.6) is 0 Å². The monoisotopic (exact) mass is 489 g/mol. The first-order valence-electron chi connectivity index (χ1n) is 9.73. The van der Waals surface area contributed by atoms with E-state index in [1.807, 2.05) is 0 Å². The van der Waals surface area contributed by atoms with Gasteiger partial charge in [0.25, 0.3) is 11.4 Å². The molecule has 0 bridgehead atoms. The summed E-state index contributed by atoms with van der Waals surface area (Å²) in [5.41, 5.74) is 1.23. The number of fused-ring (bicyclic) bond motifs is 2. The molecule has 34 heavy (non-hydrogen) atoms. The zero-order valence-corrected chi connectivity index (χ0v) is 18.6. The predicted octanol–water partition coefficient (Wildman–Crippen LogP) is 5.73. The molecule has 0 amide bonds. The van der Waals surface area contributed by atoms with Gasteiger partial charge in [0.05, 0.1) is 30.5 Å². The van der Waals surface area contributed by atoms with Gasteiger partial charge in [-0.3, -0.25) is 29.8 Å². The molecule has 11 heteroatoms. The van der Waals surface area contributed by atoms with Gasteiger partial charge in [-0.05, 0) is 23.8 Å². The zero-order chi connectivity index (χ0) is 24.0. The van der Waals surface area contributed by atoms with Gasteiger partial charge in [0.1, 0.15) is 0 Å². The van der Waals surface area contributed by atoms with Crippen LogP contribution in [0.25, 0.3) is 16.3 Å². The average Bonchev–Trinajstić information content (AvgIpc) is 3.33. The van der Waals surface area contributed by atoms with Crippen molar-refractivity contribution in [2.75, 3.05) is 0 Å². The van der Waals surface area contributed by atoms with Crippen molar-refractivity contribution >= 4 is 62.3 Å². The van der Waals surface area contributed by atoms with E-state index in [9.17, 15) is 29.8 Å². The van der Waals surface area contributed by atoms with E-state index in [0.29, 0.717) is 36.1 Å². The maximum absolute atomic E-state index is 12.6. The van der Waals surface area contributed by atoms with Crippen LogP contribution in [0.1, 0.15) is 26.3 Å². The Hall–Kier alpha value is -4.22. The number of hydrogen-bond donors (Lipinski definition) is 0. The third kappa shape index (κ3) is 3.76. The van der Waals surface area contributed by atoms with Crippen molar-refractivity contribution in [3.05, 3.63) is 103 Å². The number of allylic oxidation sites excluding steroid dienone is 1. The summed E-state index contributed by atoms with van der Waals surface area (Å²) in [4.78, 5) is 51.6. The number of rotatable bonds is 5. The molecule has 5 rings (SSSR count). The fraction of sp³-hybridized carbons (Fsp3) is 0. The maximum atomic E-state index is 12.6. The van der Waals surface area contributed by atoms with Crippen LogP contribution in [0.2, 0.25) is 0 Å². The highest BCUT2D eigenvalue weighted by atomic mass is 32.2. The van der Waals surface area contributed by atoms with Gasteiger partial charge in [0.2, 0.25) is 0 Å². The van der Waals surface area contributed by atoms with E-state index in [1.165, 1.54) is 47.7 Å². The lowest BCUT2D eigenvalue weighted by atomic mass is 10.1. The highest BCUT2D eigenvalue weighted by molar-refractivity contribution is 8.01. The second kappa shape index (κ2) is 8.28. The molecule has 0 unspecified atom stereocenters. The number of nitro benzene ring substituents is 2. The van der Waals surface area contributed by atoms with Crippen molar-refractivity contribution in [1.29, 1.82) is 0 Å². The van der Waals surface area contributed by atoms with Crippen molar-refractivity contribution in [2.45, 2.75) is 9.24 Å². The largest absolute Gasteiger partial charge is 0.288 e. The molecule has 0 N–H and O–H groups in total. The van der Waals surface area contributed by atoms with E-state index in [4.69, 9.17) is 0 Å². The predicted molar refractivity (Wildman–Crippen MR) is 127 cm³/mol. The molecule has 0 fully saturated rings. The Balaban J connectivity index is 1.48. The van der Waals surface area contributed by atoms with Crippen LogP contribution < -0.4 is 0 Å². The first kappa shape index (κ1) is 21.6. The first-order valence-corrected chi connectivity index (χ1v) is 11.4. The second-order valence-electron chi connectivity index (χ2n) is 7.24. The van der Waals surface area contributed by atoms with Crippen molar-refractivity contribution < 1.29 is 19.4 Å². The summed E-state index contributed by atoms with van der Waals surface area (Å²) in [6.45, 7) is 0. The molecular formula is C23H11N3O6S2. The molecule has 0 saturated heterocycles. The SMILES string of the molecule is O=C1C(=Cc2ccc(Sc3nc4ccc([N+](=O)[O-])cc4s3)c([N+](=O)[O-])c2)C(=O)c2ccccc21. The second-order valence-corrected chi connectivity index (χ2v) is 9.56. The molecular weight excluding hydrogens is 478 g/mol. The molecule has 0 spiro atoms. The van der Waals surface area contributed by atoms with Gasteiger partial charge >= 0.3 is 0 Å². The lowest BCUT2D eigenvalue weighted by Crippen LogP contribution is -2.00. The standard InChI is InChI=1S/C23H11N3O6S2/c27-21-14-3-1-2-4-15(14)22(28)16(21)9-12-5-8-19(18(10-12)26(31)32)33-23-24-17-7-6-13(25(29)30)11-20(17)34-23/h1-11H. The summed E-state index contributed by atoms with van der Waals surface area (Å²) >= 11 is 2.26. The number of nitro groups is 2. The summed E-state index contributed by atoms with van der Waals surface area (Å²) < 4.78 is 1.08. The summed E-state index contributed by atoms with van der Waals surface area (Å²) in [6, 6.07) is 15.2. The minimum atomic E-state index is -0.546. The average molecular weight is 489 g/mol. The molecule has 4 aromatic rings. The van der Waals surface area contributed by atoms with Gasteiger partial charge in [-0.15, -0.1) is 11.3 Å². The topological polar surface area (TPSA) is 133 Å². The van der Waals surface area contributed by atoms with Crippen LogP contribution in [0.15, 0.2) is 75.5 Å². The maximum Gasteiger partial charge on any atom is 0.283 e. The summed E-state index contributed by atoms with van der Waals surface area (Å²) in [5.74, 6) is -0.824. The van der Waals surface area contributed by atoms with E-state index < -0.39 is 21.4 Å². The van der Waals surface area contributed by atoms with Crippen LogP contribution >= 0.6 is 23.1 Å². The van der Waals surface area contributed by atoms with Crippen LogP contribution in [0, 0.1) is 20.2 Å².